The number of ether oxygens (including phenoxy) is 2. The highest BCUT2D eigenvalue weighted by atomic mass is 32.1. The summed E-state index contributed by atoms with van der Waals surface area (Å²) in [7, 11) is 1.72. The molecule has 0 spiro atoms. The van der Waals surface area contributed by atoms with Crippen molar-refractivity contribution in [2.45, 2.75) is 39.0 Å². The molecule has 1 aromatic heterocycles. The molecule has 0 saturated heterocycles. The highest BCUT2D eigenvalue weighted by Gasteiger charge is 2.21. The molecule has 2 unspecified atom stereocenters. The van der Waals surface area contributed by atoms with Gasteiger partial charge >= 0.3 is 0 Å². The van der Waals surface area contributed by atoms with Gasteiger partial charge in [0, 0.05) is 35.7 Å². The van der Waals surface area contributed by atoms with Crippen LogP contribution in [0.25, 0.3) is 0 Å². The monoisotopic (exact) mass is 304 g/mol. The number of hydrogen-bond donors (Lipinski definition) is 1. The molecule has 21 heavy (non-hydrogen) atoms. The number of nitrogens with zero attached hydrogens (tertiary/aromatic N) is 1. The number of methoxy groups -OCH3 is 1. The number of benzene rings is 1. The molecule has 0 saturated carbocycles. The molecule has 2 aromatic rings. The van der Waals surface area contributed by atoms with Crippen molar-refractivity contribution in [1.82, 2.24) is 10.3 Å². The van der Waals surface area contributed by atoms with Gasteiger partial charge in [0.25, 0.3) is 0 Å². The SMILES string of the molecule is COc1cc2c(cc1CNC(C)c1nccs1)OC(C)C2. The Labute approximate surface area is 129 Å². The summed E-state index contributed by atoms with van der Waals surface area (Å²) in [5.74, 6) is 1.91. The predicted octanol–water partition coefficient (Wildman–Crippen LogP) is 3.33. The van der Waals surface area contributed by atoms with Crippen molar-refractivity contribution in [1.29, 1.82) is 0 Å². The Kier molecular flexibility index (Phi) is 4.12. The molecule has 0 radical (unpaired) electrons. The van der Waals surface area contributed by atoms with Crippen LogP contribution in [-0.4, -0.2) is 18.2 Å². The van der Waals surface area contributed by atoms with Gasteiger partial charge in [-0.05, 0) is 26.0 Å². The van der Waals surface area contributed by atoms with E-state index < -0.39 is 0 Å². The van der Waals surface area contributed by atoms with Gasteiger partial charge < -0.3 is 14.8 Å². The van der Waals surface area contributed by atoms with E-state index in [4.69, 9.17) is 9.47 Å². The van der Waals surface area contributed by atoms with Gasteiger partial charge in [0.05, 0.1) is 13.2 Å². The molecule has 1 aliphatic rings. The lowest BCUT2D eigenvalue weighted by Gasteiger charge is -2.15. The lowest BCUT2D eigenvalue weighted by Crippen LogP contribution is -2.18. The van der Waals surface area contributed by atoms with Crippen LogP contribution in [-0.2, 0) is 13.0 Å². The summed E-state index contributed by atoms with van der Waals surface area (Å²) in [6.45, 7) is 4.95. The normalized spacial score (nSPS) is 18.1. The van der Waals surface area contributed by atoms with Gasteiger partial charge in [0.1, 0.15) is 22.6 Å². The molecule has 1 N–H and O–H groups in total. The van der Waals surface area contributed by atoms with Crippen LogP contribution >= 0.6 is 11.3 Å². The summed E-state index contributed by atoms with van der Waals surface area (Å²) in [6.07, 6.45) is 3.04. The Morgan fingerprint density at radius 2 is 2.38 bits per heavy atom. The molecule has 0 aliphatic carbocycles. The van der Waals surface area contributed by atoms with Crippen molar-refractivity contribution in [3.8, 4) is 11.5 Å². The lowest BCUT2D eigenvalue weighted by atomic mass is 10.1. The van der Waals surface area contributed by atoms with Crippen molar-refractivity contribution in [3.05, 3.63) is 39.8 Å². The molecule has 1 aliphatic heterocycles. The fraction of sp³-hybridized carbons (Fsp3) is 0.438. The van der Waals surface area contributed by atoms with Crippen molar-refractivity contribution in [3.63, 3.8) is 0 Å². The minimum Gasteiger partial charge on any atom is -0.496 e. The van der Waals surface area contributed by atoms with Gasteiger partial charge in [-0.1, -0.05) is 0 Å². The third kappa shape index (κ3) is 3.04. The van der Waals surface area contributed by atoms with E-state index in [-0.39, 0.29) is 12.1 Å². The van der Waals surface area contributed by atoms with Crippen LogP contribution in [0.15, 0.2) is 23.7 Å². The van der Waals surface area contributed by atoms with E-state index in [2.05, 4.69) is 36.3 Å². The van der Waals surface area contributed by atoms with Crippen LogP contribution in [0.5, 0.6) is 11.5 Å². The van der Waals surface area contributed by atoms with Crippen LogP contribution in [0.3, 0.4) is 0 Å². The van der Waals surface area contributed by atoms with E-state index in [0.29, 0.717) is 0 Å². The first-order chi connectivity index (χ1) is 10.2. The quantitative estimate of drug-likeness (QED) is 0.920. The van der Waals surface area contributed by atoms with Crippen molar-refractivity contribution < 1.29 is 9.47 Å². The standard InChI is InChI=1S/C16H20N2O2S/c1-10-6-12-7-14(19-3)13(8-15(12)20-10)9-18-11(2)16-17-4-5-21-16/h4-5,7-8,10-11,18H,6,9H2,1-3H3. The summed E-state index contributed by atoms with van der Waals surface area (Å²) >= 11 is 1.67. The number of fused-ring (bicyclic) bond motifs is 1. The number of hydrogen-bond acceptors (Lipinski definition) is 5. The summed E-state index contributed by atoms with van der Waals surface area (Å²) in [4.78, 5) is 4.34. The summed E-state index contributed by atoms with van der Waals surface area (Å²) in [5, 5.41) is 6.59. The zero-order valence-electron chi connectivity index (χ0n) is 12.6. The van der Waals surface area contributed by atoms with Crippen LogP contribution < -0.4 is 14.8 Å². The van der Waals surface area contributed by atoms with Crippen molar-refractivity contribution >= 4 is 11.3 Å². The molecular formula is C16H20N2O2S. The van der Waals surface area contributed by atoms with E-state index in [1.807, 2.05) is 11.6 Å². The van der Waals surface area contributed by atoms with Crippen molar-refractivity contribution in [2.24, 2.45) is 0 Å². The van der Waals surface area contributed by atoms with Crippen LogP contribution in [0, 0.1) is 0 Å². The molecule has 5 heteroatoms. The van der Waals surface area contributed by atoms with Gasteiger partial charge in [-0.25, -0.2) is 4.98 Å². The number of rotatable bonds is 5. The smallest absolute Gasteiger partial charge is 0.123 e. The second-order valence-corrected chi connectivity index (χ2v) is 6.30. The Morgan fingerprint density at radius 3 is 3.10 bits per heavy atom. The first kappa shape index (κ1) is 14.4. The molecule has 0 bridgehead atoms. The molecule has 2 heterocycles. The average molecular weight is 304 g/mol. The van der Waals surface area contributed by atoms with Gasteiger partial charge in [-0.15, -0.1) is 11.3 Å². The minimum atomic E-state index is 0.225. The third-order valence-corrected chi connectivity index (χ3v) is 4.68. The molecule has 112 valence electrons. The molecule has 0 fully saturated rings. The number of aromatic nitrogens is 1. The largest absolute Gasteiger partial charge is 0.496 e. The Bertz CT molecular complexity index is 613. The van der Waals surface area contributed by atoms with E-state index >= 15 is 0 Å². The lowest BCUT2D eigenvalue weighted by molar-refractivity contribution is 0.254. The topological polar surface area (TPSA) is 43.4 Å². The van der Waals surface area contributed by atoms with E-state index in [1.54, 1.807) is 18.4 Å². The maximum Gasteiger partial charge on any atom is 0.123 e. The van der Waals surface area contributed by atoms with E-state index in [9.17, 15) is 0 Å². The Balaban J connectivity index is 1.74. The van der Waals surface area contributed by atoms with Gasteiger partial charge in [0.15, 0.2) is 0 Å². The molecule has 4 nitrogen and oxygen atoms in total. The van der Waals surface area contributed by atoms with Gasteiger partial charge in [0.2, 0.25) is 0 Å². The Morgan fingerprint density at radius 1 is 1.52 bits per heavy atom. The minimum absolute atomic E-state index is 0.225. The molecule has 1 aromatic carbocycles. The predicted molar refractivity (Wildman–Crippen MR) is 84.2 cm³/mol. The molecule has 2 atom stereocenters. The van der Waals surface area contributed by atoms with Crippen LogP contribution in [0.2, 0.25) is 0 Å². The molecule has 0 amide bonds. The third-order valence-electron chi connectivity index (χ3n) is 3.72. The van der Waals surface area contributed by atoms with Crippen LogP contribution in [0.1, 0.15) is 36.0 Å². The van der Waals surface area contributed by atoms with E-state index in [1.165, 1.54) is 5.56 Å². The van der Waals surface area contributed by atoms with E-state index in [0.717, 1.165) is 35.0 Å². The zero-order chi connectivity index (χ0) is 14.8. The fourth-order valence-electron chi connectivity index (χ4n) is 2.61. The Hall–Kier alpha value is -1.59. The molecular weight excluding hydrogens is 284 g/mol. The summed E-state index contributed by atoms with van der Waals surface area (Å²) in [6, 6.07) is 4.42. The van der Waals surface area contributed by atoms with Crippen molar-refractivity contribution in [2.75, 3.05) is 7.11 Å². The highest BCUT2D eigenvalue weighted by molar-refractivity contribution is 7.09. The summed E-state index contributed by atoms with van der Waals surface area (Å²) in [5.41, 5.74) is 2.35. The first-order valence-electron chi connectivity index (χ1n) is 7.16. The maximum absolute atomic E-state index is 5.83. The second-order valence-electron chi connectivity index (χ2n) is 5.38. The first-order valence-corrected chi connectivity index (χ1v) is 8.04. The fourth-order valence-corrected chi connectivity index (χ4v) is 3.28. The number of nitrogens with one attached hydrogen (secondary N) is 1. The summed E-state index contributed by atoms with van der Waals surface area (Å²) < 4.78 is 11.4. The number of thiazole rings is 1. The average Bonchev–Trinajstić information content (AvgIpc) is 3.11. The zero-order valence-corrected chi connectivity index (χ0v) is 13.4. The van der Waals surface area contributed by atoms with Gasteiger partial charge in [-0.2, -0.15) is 0 Å². The highest BCUT2D eigenvalue weighted by Crippen LogP contribution is 2.35. The van der Waals surface area contributed by atoms with Gasteiger partial charge in [-0.3, -0.25) is 0 Å². The van der Waals surface area contributed by atoms with Crippen LogP contribution in [0.4, 0.5) is 0 Å². The second kappa shape index (κ2) is 6.03. The molecule has 3 rings (SSSR count). The maximum atomic E-state index is 5.83.